The van der Waals surface area contributed by atoms with Crippen LogP contribution in [0, 0.1) is 11.8 Å². The molecule has 2 nitrogen and oxygen atoms in total. The van der Waals surface area contributed by atoms with Crippen molar-refractivity contribution in [2.24, 2.45) is 11.8 Å². The first kappa shape index (κ1) is 13.4. The van der Waals surface area contributed by atoms with Crippen molar-refractivity contribution in [3.63, 3.8) is 0 Å². The van der Waals surface area contributed by atoms with Crippen molar-refractivity contribution in [3.05, 3.63) is 35.9 Å². The molecule has 18 heavy (non-hydrogen) atoms. The van der Waals surface area contributed by atoms with E-state index >= 15 is 0 Å². The summed E-state index contributed by atoms with van der Waals surface area (Å²) in [4.78, 5) is 0. The largest absolute Gasteiger partial charge is 0.482 e. The summed E-state index contributed by atoms with van der Waals surface area (Å²) in [6.45, 7) is -4.90. The van der Waals surface area contributed by atoms with E-state index < -0.39 is 31.2 Å². The lowest BCUT2D eigenvalue weighted by molar-refractivity contribution is 0.104. The molecular weight excluding hydrogens is 244 g/mol. The molecule has 1 aliphatic carbocycles. The van der Waals surface area contributed by atoms with E-state index in [-0.39, 0.29) is 6.61 Å². The molecule has 0 heterocycles. The van der Waals surface area contributed by atoms with Gasteiger partial charge in [0.1, 0.15) is 0 Å². The average Bonchev–Trinajstić information content (AvgIpc) is 3.04. The fourth-order valence-electron chi connectivity index (χ4n) is 2.41. The molecule has 6 heteroatoms. The number of ether oxygens (including phenoxy) is 1. The standard InChI is InChI=1S/C12H15BF3O2/c14-13(15,16)12-10(6-17)11(12)8-18-7-9-4-2-1-3-5-9/h1-5,10-12,17H,6-8H2/q-1/t10-,11+,12-/m0/s1. The highest BCUT2D eigenvalue weighted by Gasteiger charge is 2.58. The highest BCUT2D eigenvalue weighted by atomic mass is 19.4. The van der Waals surface area contributed by atoms with Gasteiger partial charge in [0.15, 0.2) is 0 Å². The molecule has 0 bridgehead atoms. The van der Waals surface area contributed by atoms with Crippen LogP contribution in [-0.2, 0) is 11.3 Å². The molecular formula is C12H15BF3O2-. The Morgan fingerprint density at radius 3 is 2.28 bits per heavy atom. The lowest BCUT2D eigenvalue weighted by atomic mass is 9.81. The maximum atomic E-state index is 12.6. The van der Waals surface area contributed by atoms with E-state index in [2.05, 4.69) is 0 Å². The van der Waals surface area contributed by atoms with Gasteiger partial charge in [0.2, 0.25) is 0 Å². The summed E-state index contributed by atoms with van der Waals surface area (Å²) in [7, 11) is 0. The van der Waals surface area contributed by atoms with E-state index in [0.717, 1.165) is 5.56 Å². The Morgan fingerprint density at radius 2 is 1.78 bits per heavy atom. The predicted molar refractivity (Wildman–Crippen MR) is 63.0 cm³/mol. The van der Waals surface area contributed by atoms with E-state index in [1.54, 1.807) is 0 Å². The second-order valence-corrected chi connectivity index (χ2v) is 4.71. The summed E-state index contributed by atoms with van der Waals surface area (Å²) < 4.78 is 43.0. The molecule has 1 saturated carbocycles. The summed E-state index contributed by atoms with van der Waals surface area (Å²) in [5.74, 6) is -2.58. The molecule has 3 atom stereocenters. The van der Waals surface area contributed by atoms with Crippen LogP contribution in [-0.4, -0.2) is 25.3 Å². The van der Waals surface area contributed by atoms with Gasteiger partial charge in [-0.1, -0.05) is 36.1 Å². The smallest absolute Gasteiger partial charge is 0.449 e. The normalized spacial score (nSPS) is 27.2. The van der Waals surface area contributed by atoms with Crippen molar-refractivity contribution in [1.82, 2.24) is 0 Å². The lowest BCUT2D eigenvalue weighted by Crippen LogP contribution is -2.17. The number of rotatable bonds is 6. The van der Waals surface area contributed by atoms with Crippen LogP contribution in [0.15, 0.2) is 30.3 Å². The highest BCUT2D eigenvalue weighted by molar-refractivity contribution is 6.61. The van der Waals surface area contributed by atoms with Gasteiger partial charge in [-0.15, -0.1) is 0 Å². The van der Waals surface area contributed by atoms with E-state index in [9.17, 15) is 12.9 Å². The number of aliphatic hydroxyl groups is 1. The quantitative estimate of drug-likeness (QED) is 0.796. The fraction of sp³-hybridized carbons (Fsp3) is 0.500. The monoisotopic (exact) mass is 259 g/mol. The first-order valence-corrected chi connectivity index (χ1v) is 5.96. The van der Waals surface area contributed by atoms with Crippen LogP contribution >= 0.6 is 0 Å². The Bertz CT molecular complexity index is 383. The van der Waals surface area contributed by atoms with Gasteiger partial charge in [-0.3, -0.25) is 0 Å². The molecule has 0 unspecified atom stereocenters. The molecule has 0 aliphatic heterocycles. The Hall–Kier alpha value is -1.01. The molecule has 0 saturated heterocycles. The zero-order valence-electron chi connectivity index (χ0n) is 9.81. The van der Waals surface area contributed by atoms with E-state index in [4.69, 9.17) is 9.84 Å². The van der Waals surface area contributed by atoms with Crippen LogP contribution < -0.4 is 0 Å². The molecule has 0 spiro atoms. The average molecular weight is 259 g/mol. The van der Waals surface area contributed by atoms with E-state index in [1.807, 2.05) is 30.3 Å². The Labute approximate surface area is 104 Å². The predicted octanol–water partition coefficient (Wildman–Crippen LogP) is 2.66. The Kier molecular flexibility index (Phi) is 3.97. The molecule has 100 valence electrons. The molecule has 1 aromatic rings. The van der Waals surface area contributed by atoms with Crippen LogP contribution in [0.4, 0.5) is 12.9 Å². The molecule has 1 aliphatic rings. The molecule has 0 aromatic heterocycles. The maximum absolute atomic E-state index is 12.6. The van der Waals surface area contributed by atoms with E-state index in [1.165, 1.54) is 0 Å². The van der Waals surface area contributed by atoms with Gasteiger partial charge in [0.25, 0.3) is 0 Å². The number of halogens is 3. The van der Waals surface area contributed by atoms with Crippen molar-refractivity contribution >= 4 is 6.98 Å². The minimum Gasteiger partial charge on any atom is -0.449 e. The minimum absolute atomic E-state index is 0.0616. The van der Waals surface area contributed by atoms with Crippen molar-refractivity contribution in [1.29, 1.82) is 0 Å². The summed E-state index contributed by atoms with van der Waals surface area (Å²) >= 11 is 0. The summed E-state index contributed by atoms with van der Waals surface area (Å²) in [6, 6.07) is 9.31. The number of hydrogen-bond donors (Lipinski definition) is 1. The number of aliphatic hydroxyl groups excluding tert-OH is 1. The number of hydrogen-bond acceptors (Lipinski definition) is 2. The highest BCUT2D eigenvalue weighted by Crippen LogP contribution is 2.58. The van der Waals surface area contributed by atoms with Crippen LogP contribution in [0.5, 0.6) is 0 Å². The van der Waals surface area contributed by atoms with Crippen molar-refractivity contribution in [2.45, 2.75) is 12.4 Å². The third-order valence-corrected chi connectivity index (χ3v) is 3.47. The Balaban J connectivity index is 1.78. The van der Waals surface area contributed by atoms with Gasteiger partial charge < -0.3 is 22.8 Å². The SMILES string of the molecule is OC[C@H]1[C@@H](COCc2ccccc2)[C@H]1[B-](F)(F)F. The van der Waals surface area contributed by atoms with Crippen molar-refractivity contribution < 1.29 is 22.8 Å². The fourth-order valence-corrected chi connectivity index (χ4v) is 2.41. The van der Waals surface area contributed by atoms with Gasteiger partial charge in [-0.25, -0.2) is 0 Å². The molecule has 0 amide bonds. The van der Waals surface area contributed by atoms with Gasteiger partial charge >= 0.3 is 6.98 Å². The van der Waals surface area contributed by atoms with E-state index in [0.29, 0.717) is 6.61 Å². The maximum Gasteiger partial charge on any atom is 0.482 e. The van der Waals surface area contributed by atoms with Crippen LogP contribution in [0.25, 0.3) is 0 Å². The van der Waals surface area contributed by atoms with Crippen LogP contribution in [0.1, 0.15) is 5.56 Å². The molecule has 1 fully saturated rings. The van der Waals surface area contributed by atoms with Gasteiger partial charge in [0, 0.05) is 13.2 Å². The summed E-state index contributed by atoms with van der Waals surface area (Å²) in [5.41, 5.74) is 0.938. The summed E-state index contributed by atoms with van der Waals surface area (Å²) in [6.07, 6.45) is 0. The first-order valence-electron chi connectivity index (χ1n) is 5.96. The zero-order chi connectivity index (χ0) is 13.2. The van der Waals surface area contributed by atoms with Gasteiger partial charge in [-0.2, -0.15) is 0 Å². The van der Waals surface area contributed by atoms with Crippen LogP contribution in [0.2, 0.25) is 5.82 Å². The van der Waals surface area contributed by atoms with Gasteiger partial charge in [-0.05, 0) is 17.4 Å². The third-order valence-electron chi connectivity index (χ3n) is 3.47. The lowest BCUT2D eigenvalue weighted by Gasteiger charge is -2.13. The molecule has 1 N–H and O–H groups in total. The van der Waals surface area contributed by atoms with Gasteiger partial charge in [0.05, 0.1) is 6.61 Å². The molecule has 1 aromatic carbocycles. The van der Waals surface area contributed by atoms with Crippen molar-refractivity contribution in [2.75, 3.05) is 13.2 Å². The molecule has 2 rings (SSSR count). The Morgan fingerprint density at radius 1 is 1.11 bits per heavy atom. The van der Waals surface area contributed by atoms with Crippen LogP contribution in [0.3, 0.4) is 0 Å². The molecule has 0 radical (unpaired) electrons. The topological polar surface area (TPSA) is 29.5 Å². The minimum atomic E-state index is -4.86. The summed E-state index contributed by atoms with van der Waals surface area (Å²) in [5, 5.41) is 8.88. The third kappa shape index (κ3) is 3.06. The zero-order valence-corrected chi connectivity index (χ0v) is 9.81. The number of benzene rings is 1. The first-order chi connectivity index (χ1) is 8.54. The second kappa shape index (κ2) is 5.32. The van der Waals surface area contributed by atoms with Crippen molar-refractivity contribution in [3.8, 4) is 0 Å². The second-order valence-electron chi connectivity index (χ2n) is 4.71.